The molecule has 0 aromatic heterocycles. The Labute approximate surface area is 94.1 Å². The Hall–Kier alpha value is -1.39. The number of benzene rings is 1. The second-order valence-corrected chi connectivity index (χ2v) is 4.64. The number of rotatable bonds is 3. The van der Waals surface area contributed by atoms with Crippen LogP contribution in [0.15, 0.2) is 24.3 Å². The molecule has 86 valence electrons. The van der Waals surface area contributed by atoms with Crippen molar-refractivity contribution in [3.05, 3.63) is 35.4 Å². The summed E-state index contributed by atoms with van der Waals surface area (Å²) in [6.45, 7) is 3.93. The van der Waals surface area contributed by atoms with Gasteiger partial charge in [0.25, 0.3) is 0 Å². The van der Waals surface area contributed by atoms with Crippen molar-refractivity contribution in [1.29, 1.82) is 0 Å². The molecule has 0 spiro atoms. The molecule has 1 aliphatic heterocycles. The third kappa shape index (κ3) is 2.40. The lowest BCUT2D eigenvalue weighted by atomic mass is 9.96. The SMILES string of the molecule is CC1(O)CN(Cc2ccc(C(=O)O)cc2)C1. The Morgan fingerprint density at radius 2 is 1.94 bits per heavy atom. The quantitative estimate of drug-likeness (QED) is 0.797. The molecule has 1 aromatic carbocycles. The van der Waals surface area contributed by atoms with Crippen LogP contribution in [0.2, 0.25) is 0 Å². The zero-order valence-corrected chi connectivity index (χ0v) is 9.18. The molecule has 0 amide bonds. The molecule has 1 aromatic rings. The molecular weight excluding hydrogens is 206 g/mol. The highest BCUT2D eigenvalue weighted by atomic mass is 16.4. The number of carboxylic acid groups (broad SMARTS) is 1. The summed E-state index contributed by atoms with van der Waals surface area (Å²) in [7, 11) is 0. The van der Waals surface area contributed by atoms with Crippen LogP contribution in [0.1, 0.15) is 22.8 Å². The summed E-state index contributed by atoms with van der Waals surface area (Å²) in [5.41, 5.74) is 0.820. The lowest BCUT2D eigenvalue weighted by molar-refractivity contribution is -0.0871. The molecule has 0 unspecified atom stereocenters. The number of aromatic carboxylic acids is 1. The molecule has 1 heterocycles. The molecule has 0 radical (unpaired) electrons. The maximum Gasteiger partial charge on any atom is 0.335 e. The van der Waals surface area contributed by atoms with E-state index < -0.39 is 11.6 Å². The van der Waals surface area contributed by atoms with E-state index in [0.717, 1.165) is 12.1 Å². The van der Waals surface area contributed by atoms with Crippen LogP contribution in [0.4, 0.5) is 0 Å². The molecule has 1 saturated heterocycles. The topological polar surface area (TPSA) is 60.8 Å². The van der Waals surface area contributed by atoms with E-state index in [9.17, 15) is 9.90 Å². The van der Waals surface area contributed by atoms with Gasteiger partial charge in [-0.2, -0.15) is 0 Å². The van der Waals surface area contributed by atoms with E-state index in [-0.39, 0.29) is 0 Å². The van der Waals surface area contributed by atoms with Gasteiger partial charge in [0.2, 0.25) is 0 Å². The maximum absolute atomic E-state index is 10.6. The minimum Gasteiger partial charge on any atom is -0.478 e. The smallest absolute Gasteiger partial charge is 0.335 e. The maximum atomic E-state index is 10.6. The lowest BCUT2D eigenvalue weighted by Crippen LogP contribution is -2.59. The fraction of sp³-hybridized carbons (Fsp3) is 0.417. The number of likely N-dealkylation sites (tertiary alicyclic amines) is 1. The minimum absolute atomic E-state index is 0.305. The zero-order valence-electron chi connectivity index (χ0n) is 9.18. The summed E-state index contributed by atoms with van der Waals surface area (Å²) >= 11 is 0. The standard InChI is InChI=1S/C12H15NO3/c1-12(16)7-13(8-12)6-9-2-4-10(5-3-9)11(14)15/h2-5,16H,6-8H2,1H3,(H,14,15). The first-order valence-electron chi connectivity index (χ1n) is 5.23. The summed E-state index contributed by atoms with van der Waals surface area (Å²) in [6.07, 6.45) is 0. The molecule has 0 saturated carbocycles. The van der Waals surface area contributed by atoms with Gasteiger partial charge in [0, 0.05) is 19.6 Å². The molecule has 4 heteroatoms. The van der Waals surface area contributed by atoms with Crippen LogP contribution in [-0.4, -0.2) is 39.8 Å². The normalized spacial score (nSPS) is 19.1. The average molecular weight is 221 g/mol. The monoisotopic (exact) mass is 221 g/mol. The summed E-state index contributed by atoms with van der Waals surface area (Å²) in [5.74, 6) is -0.904. The molecule has 4 nitrogen and oxygen atoms in total. The molecular formula is C12H15NO3. The number of nitrogens with zero attached hydrogens (tertiary/aromatic N) is 1. The zero-order chi connectivity index (χ0) is 11.8. The summed E-state index contributed by atoms with van der Waals surface area (Å²) in [5, 5.41) is 18.3. The van der Waals surface area contributed by atoms with Gasteiger partial charge in [0.15, 0.2) is 0 Å². The van der Waals surface area contributed by atoms with Gasteiger partial charge >= 0.3 is 5.97 Å². The number of carboxylic acids is 1. The fourth-order valence-electron chi connectivity index (χ4n) is 2.04. The number of β-amino-alcohol motifs (C(OH)–C–C–N with tert-alkyl or cyclic N) is 1. The molecule has 2 rings (SSSR count). The van der Waals surface area contributed by atoms with Gasteiger partial charge in [-0.25, -0.2) is 4.79 Å². The van der Waals surface area contributed by atoms with Crippen molar-refractivity contribution in [3.63, 3.8) is 0 Å². The Morgan fingerprint density at radius 3 is 2.38 bits per heavy atom. The number of hydrogen-bond donors (Lipinski definition) is 2. The van der Waals surface area contributed by atoms with E-state index in [1.165, 1.54) is 0 Å². The molecule has 16 heavy (non-hydrogen) atoms. The van der Waals surface area contributed by atoms with E-state index in [4.69, 9.17) is 5.11 Å². The van der Waals surface area contributed by atoms with E-state index in [1.54, 1.807) is 12.1 Å². The molecule has 1 aliphatic rings. The van der Waals surface area contributed by atoms with Crippen LogP contribution in [0.25, 0.3) is 0 Å². The molecule has 1 fully saturated rings. The Morgan fingerprint density at radius 1 is 1.38 bits per heavy atom. The lowest BCUT2D eigenvalue weighted by Gasteiger charge is -2.44. The predicted octanol–water partition coefficient (Wildman–Crippen LogP) is 0.951. The largest absolute Gasteiger partial charge is 0.478 e. The number of hydrogen-bond acceptors (Lipinski definition) is 3. The van der Waals surface area contributed by atoms with Crippen LogP contribution < -0.4 is 0 Å². The van der Waals surface area contributed by atoms with E-state index in [2.05, 4.69) is 4.90 Å². The van der Waals surface area contributed by atoms with Gasteiger partial charge in [-0.1, -0.05) is 12.1 Å². The number of aliphatic hydroxyl groups is 1. The van der Waals surface area contributed by atoms with Crippen molar-refractivity contribution in [2.75, 3.05) is 13.1 Å². The first-order valence-corrected chi connectivity index (χ1v) is 5.23. The number of carbonyl (C=O) groups is 1. The first kappa shape index (κ1) is 11.1. The summed E-state index contributed by atoms with van der Waals surface area (Å²) in [4.78, 5) is 12.8. The van der Waals surface area contributed by atoms with Gasteiger partial charge in [-0.3, -0.25) is 4.90 Å². The highest BCUT2D eigenvalue weighted by molar-refractivity contribution is 5.87. The van der Waals surface area contributed by atoms with Gasteiger partial charge in [-0.15, -0.1) is 0 Å². The van der Waals surface area contributed by atoms with Crippen molar-refractivity contribution < 1.29 is 15.0 Å². The summed E-state index contributed by atoms with van der Waals surface area (Å²) in [6, 6.07) is 6.85. The van der Waals surface area contributed by atoms with Crippen molar-refractivity contribution in [2.24, 2.45) is 0 Å². The van der Waals surface area contributed by atoms with Crippen molar-refractivity contribution in [2.45, 2.75) is 19.1 Å². The van der Waals surface area contributed by atoms with Crippen LogP contribution >= 0.6 is 0 Å². The van der Waals surface area contributed by atoms with Crippen molar-refractivity contribution >= 4 is 5.97 Å². The second-order valence-electron chi connectivity index (χ2n) is 4.64. The third-order valence-electron chi connectivity index (χ3n) is 2.74. The van der Waals surface area contributed by atoms with Gasteiger partial charge in [-0.05, 0) is 24.6 Å². The van der Waals surface area contributed by atoms with Crippen LogP contribution in [0.5, 0.6) is 0 Å². The van der Waals surface area contributed by atoms with Gasteiger partial charge in [0.05, 0.1) is 11.2 Å². The summed E-state index contributed by atoms with van der Waals surface area (Å²) < 4.78 is 0. The molecule has 2 N–H and O–H groups in total. The molecule has 0 aliphatic carbocycles. The average Bonchev–Trinajstić information content (AvgIpc) is 2.15. The predicted molar refractivity (Wildman–Crippen MR) is 59.3 cm³/mol. The highest BCUT2D eigenvalue weighted by Crippen LogP contribution is 2.22. The Kier molecular flexibility index (Phi) is 2.69. The van der Waals surface area contributed by atoms with Gasteiger partial charge in [0.1, 0.15) is 0 Å². The van der Waals surface area contributed by atoms with Crippen LogP contribution in [-0.2, 0) is 6.54 Å². The minimum atomic E-state index is -0.904. The Bertz CT molecular complexity index is 389. The van der Waals surface area contributed by atoms with E-state index in [1.807, 2.05) is 19.1 Å². The molecule has 0 bridgehead atoms. The fourth-order valence-corrected chi connectivity index (χ4v) is 2.04. The van der Waals surface area contributed by atoms with Crippen molar-refractivity contribution in [3.8, 4) is 0 Å². The second kappa shape index (κ2) is 3.88. The van der Waals surface area contributed by atoms with Crippen LogP contribution in [0, 0.1) is 0 Å². The van der Waals surface area contributed by atoms with Gasteiger partial charge < -0.3 is 10.2 Å². The third-order valence-corrected chi connectivity index (χ3v) is 2.74. The Balaban J connectivity index is 1.94. The van der Waals surface area contributed by atoms with E-state index >= 15 is 0 Å². The van der Waals surface area contributed by atoms with Crippen molar-refractivity contribution in [1.82, 2.24) is 4.90 Å². The van der Waals surface area contributed by atoms with E-state index in [0.29, 0.717) is 18.7 Å². The van der Waals surface area contributed by atoms with Crippen LogP contribution in [0.3, 0.4) is 0 Å². The first-order chi connectivity index (χ1) is 7.46. The highest BCUT2D eigenvalue weighted by Gasteiger charge is 2.35. The molecule has 0 atom stereocenters.